The molecule has 0 atom stereocenters. The average Bonchev–Trinajstić information content (AvgIpc) is 2.07. The van der Waals surface area contributed by atoms with Gasteiger partial charge in [-0.1, -0.05) is 12.6 Å². The molecular weight excluding hydrogens is 282 g/mol. The van der Waals surface area contributed by atoms with Crippen LogP contribution in [0.5, 0.6) is 5.75 Å². The summed E-state index contributed by atoms with van der Waals surface area (Å²) >= 11 is 1.92. The Morgan fingerprint density at radius 2 is 2.31 bits per heavy atom. The van der Waals surface area contributed by atoms with Gasteiger partial charge in [0.2, 0.25) is 0 Å². The van der Waals surface area contributed by atoms with Crippen molar-refractivity contribution in [2.75, 3.05) is 6.61 Å². The summed E-state index contributed by atoms with van der Waals surface area (Å²) in [6.07, 6.45) is 0. The fourth-order valence-corrected chi connectivity index (χ4v) is 1.31. The number of ether oxygens (including phenoxy) is 1. The predicted octanol–water partition coefficient (Wildman–Crippen LogP) is 3.39. The highest BCUT2D eigenvalue weighted by Gasteiger charge is 2.05. The molecule has 1 nitrogen and oxygen atoms in total. The summed E-state index contributed by atoms with van der Waals surface area (Å²) in [5.74, 6) is 0.323. The zero-order chi connectivity index (χ0) is 9.84. The van der Waals surface area contributed by atoms with Crippen LogP contribution < -0.4 is 4.74 Å². The minimum Gasteiger partial charge on any atom is -0.488 e. The van der Waals surface area contributed by atoms with Crippen LogP contribution in [0.15, 0.2) is 30.4 Å². The first-order valence-electron chi connectivity index (χ1n) is 3.82. The topological polar surface area (TPSA) is 9.23 Å². The SMILES string of the molecule is C=C(C)COc1cccc(F)c1I. The minimum atomic E-state index is -0.250. The van der Waals surface area contributed by atoms with Gasteiger partial charge in [-0.05, 0) is 47.2 Å². The van der Waals surface area contributed by atoms with E-state index in [9.17, 15) is 4.39 Å². The molecule has 70 valence electrons. The maximum absolute atomic E-state index is 13.0. The monoisotopic (exact) mass is 292 g/mol. The van der Waals surface area contributed by atoms with Crippen LogP contribution in [-0.4, -0.2) is 6.61 Å². The van der Waals surface area contributed by atoms with Crippen molar-refractivity contribution in [2.45, 2.75) is 6.92 Å². The fourth-order valence-electron chi connectivity index (χ4n) is 0.796. The molecule has 0 aromatic heterocycles. The zero-order valence-electron chi connectivity index (χ0n) is 7.31. The molecule has 0 unspecified atom stereocenters. The van der Waals surface area contributed by atoms with Crippen molar-refractivity contribution in [2.24, 2.45) is 0 Å². The van der Waals surface area contributed by atoms with Gasteiger partial charge in [0.1, 0.15) is 18.2 Å². The van der Waals surface area contributed by atoms with Crippen LogP contribution in [0.25, 0.3) is 0 Å². The summed E-state index contributed by atoms with van der Waals surface area (Å²) in [6.45, 7) is 6.00. The van der Waals surface area contributed by atoms with Crippen molar-refractivity contribution in [1.29, 1.82) is 0 Å². The molecule has 0 aliphatic heterocycles. The van der Waals surface area contributed by atoms with Gasteiger partial charge in [-0.2, -0.15) is 0 Å². The summed E-state index contributed by atoms with van der Waals surface area (Å²) in [7, 11) is 0. The van der Waals surface area contributed by atoms with E-state index in [-0.39, 0.29) is 5.82 Å². The van der Waals surface area contributed by atoms with Gasteiger partial charge in [0.25, 0.3) is 0 Å². The second-order valence-electron chi connectivity index (χ2n) is 2.80. The first-order chi connectivity index (χ1) is 6.11. The summed E-state index contributed by atoms with van der Waals surface area (Å²) in [5, 5.41) is 0. The number of hydrogen-bond donors (Lipinski definition) is 0. The van der Waals surface area contributed by atoms with Crippen LogP contribution in [0.3, 0.4) is 0 Å². The minimum absolute atomic E-state index is 0.250. The van der Waals surface area contributed by atoms with Crippen molar-refractivity contribution in [1.82, 2.24) is 0 Å². The van der Waals surface area contributed by atoms with E-state index < -0.39 is 0 Å². The lowest BCUT2D eigenvalue weighted by Gasteiger charge is -2.07. The summed E-state index contributed by atoms with van der Waals surface area (Å²) < 4.78 is 18.8. The van der Waals surface area contributed by atoms with E-state index in [1.54, 1.807) is 12.1 Å². The molecule has 0 saturated heterocycles. The molecule has 0 aliphatic carbocycles. The van der Waals surface area contributed by atoms with E-state index >= 15 is 0 Å². The van der Waals surface area contributed by atoms with Gasteiger partial charge in [-0.3, -0.25) is 0 Å². The smallest absolute Gasteiger partial charge is 0.140 e. The van der Waals surface area contributed by atoms with Crippen molar-refractivity contribution >= 4 is 22.6 Å². The molecular formula is C10H10FIO. The highest BCUT2D eigenvalue weighted by molar-refractivity contribution is 14.1. The van der Waals surface area contributed by atoms with Gasteiger partial charge in [-0.25, -0.2) is 4.39 Å². The van der Waals surface area contributed by atoms with Crippen LogP contribution in [0.4, 0.5) is 4.39 Å². The molecule has 13 heavy (non-hydrogen) atoms. The van der Waals surface area contributed by atoms with Crippen molar-refractivity contribution in [3.8, 4) is 5.75 Å². The van der Waals surface area contributed by atoms with Crippen LogP contribution in [0.2, 0.25) is 0 Å². The molecule has 1 aromatic carbocycles. The van der Waals surface area contributed by atoms with E-state index in [1.807, 2.05) is 29.5 Å². The third-order valence-electron chi connectivity index (χ3n) is 1.39. The van der Waals surface area contributed by atoms with Crippen molar-refractivity contribution < 1.29 is 9.13 Å². The molecule has 1 aromatic rings. The summed E-state index contributed by atoms with van der Waals surface area (Å²) in [5.41, 5.74) is 0.917. The zero-order valence-corrected chi connectivity index (χ0v) is 9.47. The molecule has 0 bridgehead atoms. The van der Waals surface area contributed by atoms with Gasteiger partial charge in [-0.15, -0.1) is 0 Å². The normalized spacial score (nSPS) is 9.77. The summed E-state index contributed by atoms with van der Waals surface area (Å²) in [4.78, 5) is 0. The van der Waals surface area contributed by atoms with Gasteiger partial charge < -0.3 is 4.74 Å². The largest absolute Gasteiger partial charge is 0.488 e. The average molecular weight is 292 g/mol. The second-order valence-corrected chi connectivity index (χ2v) is 3.88. The standard InChI is InChI=1S/C10H10FIO/c1-7(2)6-13-9-5-3-4-8(11)10(9)12/h3-5H,1,6H2,2H3. The molecule has 0 heterocycles. The van der Waals surface area contributed by atoms with Crippen LogP contribution >= 0.6 is 22.6 Å². The molecule has 0 saturated carbocycles. The van der Waals surface area contributed by atoms with Gasteiger partial charge >= 0.3 is 0 Å². The highest BCUT2D eigenvalue weighted by Crippen LogP contribution is 2.23. The van der Waals surface area contributed by atoms with Gasteiger partial charge in [0.15, 0.2) is 0 Å². The maximum atomic E-state index is 13.0. The van der Waals surface area contributed by atoms with E-state index in [2.05, 4.69) is 6.58 Å². The van der Waals surface area contributed by atoms with Crippen LogP contribution in [-0.2, 0) is 0 Å². The Balaban J connectivity index is 2.77. The lowest BCUT2D eigenvalue weighted by atomic mass is 10.3. The van der Waals surface area contributed by atoms with E-state index in [4.69, 9.17) is 4.74 Å². The van der Waals surface area contributed by atoms with E-state index in [0.717, 1.165) is 5.57 Å². The van der Waals surface area contributed by atoms with E-state index in [0.29, 0.717) is 15.9 Å². The number of hydrogen-bond acceptors (Lipinski definition) is 1. The third-order valence-corrected chi connectivity index (χ3v) is 2.44. The molecule has 1 rings (SSSR count). The third kappa shape index (κ3) is 2.99. The molecule has 0 N–H and O–H groups in total. The highest BCUT2D eigenvalue weighted by atomic mass is 127. The van der Waals surface area contributed by atoms with Gasteiger partial charge in [0, 0.05) is 0 Å². The quantitative estimate of drug-likeness (QED) is 0.613. The maximum Gasteiger partial charge on any atom is 0.140 e. The van der Waals surface area contributed by atoms with Crippen molar-refractivity contribution in [3.05, 3.63) is 39.7 Å². The molecule has 3 heteroatoms. The summed E-state index contributed by atoms with van der Waals surface area (Å²) in [6, 6.07) is 4.79. The Hall–Kier alpha value is -0.580. The number of halogens is 2. The second kappa shape index (κ2) is 4.60. The van der Waals surface area contributed by atoms with E-state index in [1.165, 1.54) is 6.07 Å². The Bertz CT molecular complexity index is 323. The molecule has 0 radical (unpaired) electrons. The van der Waals surface area contributed by atoms with Crippen LogP contribution in [0, 0.1) is 9.39 Å². The predicted molar refractivity (Wildman–Crippen MR) is 59.4 cm³/mol. The van der Waals surface area contributed by atoms with Crippen molar-refractivity contribution in [3.63, 3.8) is 0 Å². The first kappa shape index (κ1) is 10.5. The lowest BCUT2D eigenvalue weighted by molar-refractivity contribution is 0.347. The molecule has 0 spiro atoms. The Morgan fingerprint density at radius 3 is 2.92 bits per heavy atom. The molecule has 0 amide bonds. The van der Waals surface area contributed by atoms with Crippen LogP contribution in [0.1, 0.15) is 6.92 Å². The van der Waals surface area contributed by atoms with Gasteiger partial charge in [0.05, 0.1) is 3.57 Å². The Kier molecular flexibility index (Phi) is 3.71. The fraction of sp³-hybridized carbons (Fsp3) is 0.200. The lowest BCUT2D eigenvalue weighted by Crippen LogP contribution is -1.99. The molecule has 0 aliphatic rings. The number of benzene rings is 1. The Morgan fingerprint density at radius 1 is 1.62 bits per heavy atom. The Labute approximate surface area is 90.7 Å². The molecule has 0 fully saturated rings. The number of rotatable bonds is 3. The first-order valence-corrected chi connectivity index (χ1v) is 4.90.